The Morgan fingerprint density at radius 2 is 1.62 bits per heavy atom. The van der Waals surface area contributed by atoms with Crippen LogP contribution >= 0.6 is 0 Å². The fourth-order valence-corrected chi connectivity index (χ4v) is 3.54. The Bertz CT molecular complexity index is 825. The van der Waals surface area contributed by atoms with Gasteiger partial charge in [-0.05, 0) is 73.9 Å². The van der Waals surface area contributed by atoms with E-state index in [1.807, 2.05) is 0 Å². The third-order valence-electron chi connectivity index (χ3n) is 5.01. The smallest absolute Gasteiger partial charge is 0.0497 e. The highest BCUT2D eigenvalue weighted by Crippen LogP contribution is 2.35. The Hall–Kier alpha value is -2.06. The highest BCUT2D eigenvalue weighted by molar-refractivity contribution is 5.95. The topological polar surface area (TPSA) is 41.8 Å². The van der Waals surface area contributed by atoms with Crippen molar-refractivity contribution in [2.45, 2.75) is 46.5 Å². The fraction of sp³-hybridized carbons (Fsp3) is 0.364. The van der Waals surface area contributed by atoms with E-state index >= 15 is 0 Å². The number of fused-ring (bicyclic) bond motifs is 1. The summed E-state index contributed by atoms with van der Waals surface area (Å²) < 4.78 is 0. The van der Waals surface area contributed by atoms with Gasteiger partial charge in [0.1, 0.15) is 0 Å². The summed E-state index contributed by atoms with van der Waals surface area (Å²) in [6.07, 6.45) is 4.36. The summed E-state index contributed by atoms with van der Waals surface area (Å²) >= 11 is 0. The molecule has 0 aliphatic rings. The van der Waals surface area contributed by atoms with E-state index in [1.54, 1.807) is 0 Å². The van der Waals surface area contributed by atoms with Crippen LogP contribution in [0.15, 0.2) is 36.4 Å². The third-order valence-corrected chi connectivity index (χ3v) is 5.01. The van der Waals surface area contributed by atoms with Gasteiger partial charge in [0.15, 0.2) is 0 Å². The van der Waals surface area contributed by atoms with Gasteiger partial charge in [-0.3, -0.25) is 0 Å². The molecule has 2 heteroatoms. The summed E-state index contributed by atoms with van der Waals surface area (Å²) in [5.74, 6) is 0. The van der Waals surface area contributed by atoms with Gasteiger partial charge in [0.2, 0.25) is 0 Å². The van der Waals surface area contributed by atoms with Crippen LogP contribution in [0.25, 0.3) is 22.2 Å². The molecule has 1 heterocycles. The zero-order chi connectivity index (χ0) is 17.1. The molecule has 0 unspecified atom stereocenters. The highest BCUT2D eigenvalue weighted by atomic mass is 14.7. The Balaban J connectivity index is 2.15. The summed E-state index contributed by atoms with van der Waals surface area (Å²) in [4.78, 5) is 3.72. The lowest BCUT2D eigenvalue weighted by molar-refractivity contribution is 0.748. The van der Waals surface area contributed by atoms with Crippen LogP contribution in [0.4, 0.5) is 0 Å². The van der Waals surface area contributed by atoms with Gasteiger partial charge < -0.3 is 10.7 Å². The number of nitrogens with one attached hydrogen (secondary N) is 1. The molecule has 0 amide bonds. The van der Waals surface area contributed by atoms with E-state index in [9.17, 15) is 0 Å². The largest absolute Gasteiger partial charge is 0.354 e. The van der Waals surface area contributed by atoms with E-state index in [0.29, 0.717) is 0 Å². The van der Waals surface area contributed by atoms with Crippen molar-refractivity contribution in [2.24, 2.45) is 5.73 Å². The van der Waals surface area contributed by atoms with Gasteiger partial charge in [-0.25, -0.2) is 0 Å². The van der Waals surface area contributed by atoms with Crippen molar-refractivity contribution in [3.05, 3.63) is 58.7 Å². The maximum absolute atomic E-state index is 5.71. The lowest BCUT2D eigenvalue weighted by atomic mass is 9.96. The second-order valence-corrected chi connectivity index (χ2v) is 6.72. The molecule has 0 saturated carbocycles. The van der Waals surface area contributed by atoms with Crippen LogP contribution in [0.1, 0.15) is 42.0 Å². The minimum atomic E-state index is 0.765. The highest BCUT2D eigenvalue weighted by Gasteiger charge is 2.16. The summed E-state index contributed by atoms with van der Waals surface area (Å²) in [6.45, 7) is 7.36. The molecule has 0 spiro atoms. The van der Waals surface area contributed by atoms with Crippen LogP contribution in [0.2, 0.25) is 0 Å². The van der Waals surface area contributed by atoms with Gasteiger partial charge in [0.05, 0.1) is 0 Å². The lowest BCUT2D eigenvalue weighted by Crippen LogP contribution is -1.99. The monoisotopic (exact) mass is 320 g/mol. The van der Waals surface area contributed by atoms with E-state index in [2.05, 4.69) is 62.2 Å². The first-order valence-corrected chi connectivity index (χ1v) is 9.05. The predicted octanol–water partition coefficient (Wildman–Crippen LogP) is 5.30. The number of aromatic nitrogens is 1. The summed E-state index contributed by atoms with van der Waals surface area (Å²) in [6, 6.07) is 13.4. The molecular weight excluding hydrogens is 292 g/mol. The number of hydrogen-bond donors (Lipinski definition) is 2. The quantitative estimate of drug-likeness (QED) is 0.595. The van der Waals surface area contributed by atoms with Crippen molar-refractivity contribution in [1.82, 2.24) is 4.98 Å². The standard InChI is InChI=1S/C22H28N2/c1-4-17-10-12-18(13-11-17)22-19(7-5-6-14-23)20-15(2)8-9-16(3)21(20)24-22/h8-13,24H,4-7,14,23H2,1-3H3. The number of benzene rings is 2. The van der Waals surface area contributed by atoms with Crippen molar-refractivity contribution in [1.29, 1.82) is 0 Å². The summed E-state index contributed by atoms with van der Waals surface area (Å²) in [5.41, 5.74) is 15.0. The van der Waals surface area contributed by atoms with Crippen molar-refractivity contribution in [3.8, 4) is 11.3 Å². The van der Waals surface area contributed by atoms with Crippen molar-refractivity contribution in [3.63, 3.8) is 0 Å². The summed E-state index contributed by atoms with van der Waals surface area (Å²) in [5, 5.41) is 1.40. The zero-order valence-corrected chi connectivity index (χ0v) is 15.1. The van der Waals surface area contributed by atoms with E-state index in [1.165, 1.54) is 44.4 Å². The van der Waals surface area contributed by atoms with Crippen LogP contribution in [0.5, 0.6) is 0 Å². The molecule has 2 nitrogen and oxygen atoms in total. The number of H-pyrrole nitrogens is 1. The molecule has 0 atom stereocenters. The van der Waals surface area contributed by atoms with Crippen molar-refractivity contribution in [2.75, 3.05) is 6.54 Å². The molecule has 126 valence electrons. The van der Waals surface area contributed by atoms with Crippen molar-refractivity contribution < 1.29 is 0 Å². The molecule has 0 radical (unpaired) electrons. The molecule has 0 bridgehead atoms. The molecule has 24 heavy (non-hydrogen) atoms. The SMILES string of the molecule is CCc1ccc(-c2[nH]c3c(C)ccc(C)c3c2CCCCN)cc1. The Morgan fingerprint density at radius 3 is 2.29 bits per heavy atom. The minimum Gasteiger partial charge on any atom is -0.354 e. The number of unbranched alkanes of at least 4 members (excludes halogenated alkanes) is 1. The molecule has 0 aliphatic heterocycles. The molecule has 0 fully saturated rings. The Morgan fingerprint density at radius 1 is 0.917 bits per heavy atom. The van der Waals surface area contributed by atoms with Crippen LogP contribution in [0.3, 0.4) is 0 Å². The van der Waals surface area contributed by atoms with Crippen LogP contribution in [0, 0.1) is 13.8 Å². The number of rotatable bonds is 6. The average molecular weight is 320 g/mol. The van der Waals surface area contributed by atoms with Gasteiger partial charge in [-0.1, -0.05) is 43.3 Å². The number of hydrogen-bond acceptors (Lipinski definition) is 1. The number of nitrogens with two attached hydrogens (primary N) is 1. The third kappa shape index (κ3) is 3.11. The van der Waals surface area contributed by atoms with Gasteiger partial charge in [0.25, 0.3) is 0 Å². The predicted molar refractivity (Wildman–Crippen MR) is 105 cm³/mol. The zero-order valence-electron chi connectivity index (χ0n) is 15.1. The van der Waals surface area contributed by atoms with Crippen LogP contribution in [-0.4, -0.2) is 11.5 Å². The molecular formula is C22H28N2. The van der Waals surface area contributed by atoms with Gasteiger partial charge in [-0.15, -0.1) is 0 Å². The van der Waals surface area contributed by atoms with Gasteiger partial charge in [-0.2, -0.15) is 0 Å². The number of aromatic amines is 1. The lowest BCUT2D eigenvalue weighted by Gasteiger charge is -2.07. The van der Waals surface area contributed by atoms with E-state index in [0.717, 1.165) is 32.2 Å². The molecule has 1 aromatic heterocycles. The molecule has 0 aliphatic carbocycles. The maximum Gasteiger partial charge on any atom is 0.0497 e. The molecule has 2 aromatic carbocycles. The van der Waals surface area contributed by atoms with E-state index < -0.39 is 0 Å². The average Bonchev–Trinajstić information content (AvgIpc) is 2.99. The Labute approximate surface area is 145 Å². The normalized spacial score (nSPS) is 11.3. The Kier molecular flexibility index (Phi) is 5.06. The van der Waals surface area contributed by atoms with Crippen molar-refractivity contribution >= 4 is 10.9 Å². The van der Waals surface area contributed by atoms with Crippen LogP contribution in [-0.2, 0) is 12.8 Å². The number of aryl methyl sites for hydroxylation is 4. The molecule has 3 rings (SSSR count). The second-order valence-electron chi connectivity index (χ2n) is 6.72. The van der Waals surface area contributed by atoms with Gasteiger partial charge >= 0.3 is 0 Å². The second kappa shape index (κ2) is 7.23. The maximum atomic E-state index is 5.71. The molecule has 0 saturated heterocycles. The van der Waals surface area contributed by atoms with Crippen LogP contribution < -0.4 is 5.73 Å². The van der Waals surface area contributed by atoms with E-state index in [4.69, 9.17) is 5.73 Å². The first-order chi connectivity index (χ1) is 11.7. The molecule has 3 N–H and O–H groups in total. The first kappa shape index (κ1) is 16.8. The van der Waals surface area contributed by atoms with E-state index in [-0.39, 0.29) is 0 Å². The fourth-order valence-electron chi connectivity index (χ4n) is 3.54. The first-order valence-electron chi connectivity index (χ1n) is 9.05. The minimum absolute atomic E-state index is 0.765. The summed E-state index contributed by atoms with van der Waals surface area (Å²) in [7, 11) is 0. The molecule has 3 aromatic rings. The van der Waals surface area contributed by atoms with Gasteiger partial charge in [0, 0.05) is 16.6 Å².